The summed E-state index contributed by atoms with van der Waals surface area (Å²) in [5, 5.41) is 5.63. The van der Waals surface area contributed by atoms with Crippen LogP contribution in [-0.2, 0) is 9.53 Å². The van der Waals surface area contributed by atoms with Gasteiger partial charge in [0.05, 0.1) is 12.5 Å². The predicted molar refractivity (Wildman–Crippen MR) is 119 cm³/mol. The molecule has 0 saturated carbocycles. The molecular formula is C22H36N4O2S. The van der Waals surface area contributed by atoms with Crippen LogP contribution in [0.5, 0.6) is 0 Å². The molecule has 3 unspecified atom stereocenters. The molecule has 1 aromatic heterocycles. The number of rotatable bonds is 6. The van der Waals surface area contributed by atoms with Crippen molar-refractivity contribution in [3.63, 3.8) is 0 Å². The number of hydrogen-bond donors (Lipinski definition) is 1. The van der Waals surface area contributed by atoms with Gasteiger partial charge in [-0.25, -0.2) is 0 Å². The van der Waals surface area contributed by atoms with Crippen LogP contribution in [0.25, 0.3) is 0 Å². The molecule has 2 aliphatic rings. The van der Waals surface area contributed by atoms with E-state index in [-0.39, 0.29) is 11.9 Å². The van der Waals surface area contributed by atoms with Crippen molar-refractivity contribution in [2.75, 3.05) is 46.4 Å². The van der Waals surface area contributed by atoms with Gasteiger partial charge in [-0.05, 0) is 70.5 Å². The van der Waals surface area contributed by atoms with E-state index in [1.54, 1.807) is 0 Å². The van der Waals surface area contributed by atoms with E-state index in [4.69, 9.17) is 9.73 Å². The van der Waals surface area contributed by atoms with Gasteiger partial charge in [0.2, 0.25) is 0 Å². The minimum absolute atomic E-state index is 0.0489. The number of hydrogen-bond acceptors (Lipinski definition) is 5. The first kappa shape index (κ1) is 22.1. The lowest BCUT2D eigenvalue weighted by Gasteiger charge is -2.39. The molecule has 3 heterocycles. The molecule has 7 heteroatoms. The lowest BCUT2D eigenvalue weighted by atomic mass is 9.88. The Labute approximate surface area is 179 Å². The number of esters is 1. The van der Waals surface area contributed by atoms with Gasteiger partial charge in [-0.15, -0.1) is 11.3 Å². The van der Waals surface area contributed by atoms with Crippen LogP contribution in [0.15, 0.2) is 22.5 Å². The summed E-state index contributed by atoms with van der Waals surface area (Å²) >= 11 is 1.85. The lowest BCUT2D eigenvalue weighted by molar-refractivity contribution is -0.149. The number of thiophene rings is 1. The minimum atomic E-state index is -0.0697. The average molecular weight is 421 g/mol. The van der Waals surface area contributed by atoms with Gasteiger partial charge in [-0.3, -0.25) is 14.7 Å². The molecule has 3 rings (SSSR count). The fraction of sp³-hybridized carbons (Fsp3) is 0.727. The van der Waals surface area contributed by atoms with Crippen LogP contribution in [-0.4, -0.2) is 68.1 Å². The monoisotopic (exact) mass is 420 g/mol. The molecule has 162 valence electrons. The molecule has 29 heavy (non-hydrogen) atoms. The van der Waals surface area contributed by atoms with Crippen LogP contribution in [0.1, 0.15) is 50.4 Å². The Morgan fingerprint density at radius 1 is 1.31 bits per heavy atom. The summed E-state index contributed by atoms with van der Waals surface area (Å²) in [6.45, 7) is 8.86. The molecule has 6 nitrogen and oxygen atoms in total. The Hall–Kier alpha value is -1.60. The number of aliphatic imine (C=N–C) groups is 1. The van der Waals surface area contributed by atoms with Gasteiger partial charge in [0.15, 0.2) is 5.96 Å². The summed E-state index contributed by atoms with van der Waals surface area (Å²) in [5.74, 6) is 1.35. The first-order valence-electron chi connectivity index (χ1n) is 11.1. The van der Waals surface area contributed by atoms with Crippen molar-refractivity contribution in [3.8, 4) is 0 Å². The molecule has 2 fully saturated rings. The van der Waals surface area contributed by atoms with Gasteiger partial charge >= 0.3 is 5.97 Å². The SMILES string of the molecule is CCNC(=NCC1CCCN(C)C1c1cccs1)N1CCCC(C(=O)OCC)C1. The lowest BCUT2D eigenvalue weighted by Crippen LogP contribution is -2.48. The second-order valence-electron chi connectivity index (χ2n) is 8.08. The smallest absolute Gasteiger partial charge is 0.310 e. The highest BCUT2D eigenvalue weighted by Gasteiger charge is 2.32. The number of guanidine groups is 1. The van der Waals surface area contributed by atoms with Crippen LogP contribution >= 0.6 is 11.3 Å². The highest BCUT2D eigenvalue weighted by Crippen LogP contribution is 2.37. The maximum Gasteiger partial charge on any atom is 0.310 e. The molecule has 0 aliphatic carbocycles. The Kier molecular flexibility index (Phi) is 8.36. The van der Waals surface area contributed by atoms with Crippen LogP contribution in [0, 0.1) is 11.8 Å². The Balaban J connectivity index is 1.70. The van der Waals surface area contributed by atoms with Gasteiger partial charge in [0.25, 0.3) is 0 Å². The van der Waals surface area contributed by atoms with Crippen molar-refractivity contribution in [1.82, 2.24) is 15.1 Å². The summed E-state index contributed by atoms with van der Waals surface area (Å²) in [6.07, 6.45) is 4.34. The maximum atomic E-state index is 12.2. The molecule has 0 amide bonds. The Bertz CT molecular complexity index is 664. The maximum absolute atomic E-state index is 12.2. The van der Waals surface area contributed by atoms with Crippen LogP contribution in [0.3, 0.4) is 0 Å². The quantitative estimate of drug-likeness (QED) is 0.434. The van der Waals surface area contributed by atoms with E-state index in [1.807, 2.05) is 18.3 Å². The van der Waals surface area contributed by atoms with Crippen molar-refractivity contribution in [2.45, 2.75) is 45.6 Å². The fourth-order valence-corrected chi connectivity index (χ4v) is 5.59. The average Bonchev–Trinajstić information content (AvgIpc) is 3.25. The third-order valence-corrected chi connectivity index (χ3v) is 6.94. The number of nitrogens with one attached hydrogen (secondary N) is 1. The predicted octanol–water partition coefficient (Wildman–Crippen LogP) is 3.37. The van der Waals surface area contributed by atoms with Crippen LogP contribution < -0.4 is 5.32 Å². The third-order valence-electron chi connectivity index (χ3n) is 5.99. The first-order chi connectivity index (χ1) is 14.1. The number of piperidine rings is 2. The highest BCUT2D eigenvalue weighted by atomic mass is 32.1. The standard InChI is InChI=1S/C22H36N4O2S/c1-4-23-22(26-13-7-10-18(16-26)21(27)28-5-2)24-15-17-9-6-12-25(3)20(17)19-11-8-14-29-19/h8,11,14,17-18,20H,4-7,9-10,12-13,15-16H2,1-3H3,(H,23,24). The van der Waals surface area contributed by atoms with E-state index in [9.17, 15) is 4.79 Å². The van der Waals surface area contributed by atoms with E-state index >= 15 is 0 Å². The molecule has 3 atom stereocenters. The summed E-state index contributed by atoms with van der Waals surface area (Å²) in [5.41, 5.74) is 0. The van der Waals surface area contributed by atoms with Gasteiger partial charge in [-0.2, -0.15) is 0 Å². The number of likely N-dealkylation sites (tertiary alicyclic amines) is 2. The molecule has 2 aliphatic heterocycles. The summed E-state index contributed by atoms with van der Waals surface area (Å²) in [7, 11) is 2.24. The zero-order valence-corrected chi connectivity index (χ0v) is 18.9. The number of nitrogens with zero attached hydrogens (tertiary/aromatic N) is 3. The van der Waals surface area contributed by atoms with E-state index in [0.29, 0.717) is 25.1 Å². The molecule has 0 radical (unpaired) electrons. The number of carbonyl (C=O) groups excluding carboxylic acids is 1. The van der Waals surface area contributed by atoms with E-state index in [0.717, 1.165) is 45.0 Å². The van der Waals surface area contributed by atoms with E-state index < -0.39 is 0 Å². The van der Waals surface area contributed by atoms with Gasteiger partial charge in [0, 0.05) is 37.1 Å². The fourth-order valence-electron chi connectivity index (χ4n) is 4.61. The van der Waals surface area contributed by atoms with E-state index in [2.05, 4.69) is 46.6 Å². The normalized spacial score (nSPS) is 26.4. The van der Waals surface area contributed by atoms with Crippen LogP contribution in [0.2, 0.25) is 0 Å². The number of ether oxygens (including phenoxy) is 1. The van der Waals surface area contributed by atoms with Crippen molar-refractivity contribution < 1.29 is 9.53 Å². The topological polar surface area (TPSA) is 57.2 Å². The molecule has 1 aromatic rings. The number of carbonyl (C=O) groups is 1. The van der Waals surface area contributed by atoms with Crippen LogP contribution in [0.4, 0.5) is 0 Å². The van der Waals surface area contributed by atoms with Crippen molar-refractivity contribution in [3.05, 3.63) is 22.4 Å². The Morgan fingerprint density at radius 2 is 2.14 bits per heavy atom. The zero-order valence-electron chi connectivity index (χ0n) is 18.1. The van der Waals surface area contributed by atoms with Gasteiger partial charge in [-0.1, -0.05) is 6.07 Å². The first-order valence-corrected chi connectivity index (χ1v) is 12.0. The van der Waals surface area contributed by atoms with E-state index in [1.165, 1.54) is 17.7 Å². The zero-order chi connectivity index (χ0) is 20.6. The minimum Gasteiger partial charge on any atom is -0.466 e. The summed E-state index contributed by atoms with van der Waals surface area (Å²) in [4.78, 5) is 23.5. The largest absolute Gasteiger partial charge is 0.466 e. The third kappa shape index (κ3) is 5.72. The van der Waals surface area contributed by atoms with Crippen molar-refractivity contribution in [2.24, 2.45) is 16.8 Å². The molecule has 0 bridgehead atoms. The van der Waals surface area contributed by atoms with Gasteiger partial charge in [0.1, 0.15) is 0 Å². The van der Waals surface area contributed by atoms with Crippen molar-refractivity contribution >= 4 is 23.3 Å². The molecular weight excluding hydrogens is 384 g/mol. The van der Waals surface area contributed by atoms with Crippen molar-refractivity contribution in [1.29, 1.82) is 0 Å². The molecule has 0 spiro atoms. The Morgan fingerprint density at radius 3 is 2.86 bits per heavy atom. The molecule has 2 saturated heterocycles. The molecule has 0 aromatic carbocycles. The highest BCUT2D eigenvalue weighted by molar-refractivity contribution is 7.10. The summed E-state index contributed by atoms with van der Waals surface area (Å²) in [6, 6.07) is 4.85. The van der Waals surface area contributed by atoms with Gasteiger partial charge < -0.3 is 15.0 Å². The second kappa shape index (κ2) is 11.0. The second-order valence-corrected chi connectivity index (χ2v) is 9.05. The summed E-state index contributed by atoms with van der Waals surface area (Å²) < 4.78 is 5.26. The molecule has 1 N–H and O–H groups in total.